The Labute approximate surface area is 213 Å². The largest absolute Gasteiger partial charge is 0.444 e. The Hall–Kier alpha value is -2.35. The lowest BCUT2D eigenvalue weighted by Gasteiger charge is -2.24. The van der Waals surface area contributed by atoms with E-state index in [-0.39, 0.29) is 18.9 Å². The minimum absolute atomic E-state index is 0.0243. The number of benzene rings is 1. The number of terminal acetylenes is 1. The quantitative estimate of drug-likeness (QED) is 0.244. The molecule has 0 bridgehead atoms. The van der Waals surface area contributed by atoms with E-state index < -0.39 is 17.7 Å². The van der Waals surface area contributed by atoms with Crippen molar-refractivity contribution in [2.24, 2.45) is 0 Å². The molecule has 0 aliphatic carbocycles. The number of halogens is 1. The molecule has 0 saturated heterocycles. The van der Waals surface area contributed by atoms with Crippen LogP contribution in [0.1, 0.15) is 38.8 Å². The average Bonchev–Trinajstić information content (AvgIpc) is 2.77. The molecule has 0 aliphatic rings. The normalized spacial score (nSPS) is 12.0. The smallest absolute Gasteiger partial charge is 0.408 e. The summed E-state index contributed by atoms with van der Waals surface area (Å²) in [6, 6.07) is 6.39. The van der Waals surface area contributed by atoms with Gasteiger partial charge in [0.15, 0.2) is 0 Å². The van der Waals surface area contributed by atoms with E-state index in [1.807, 2.05) is 0 Å². The molecule has 1 rings (SSSR count). The van der Waals surface area contributed by atoms with Gasteiger partial charge in [-0.25, -0.2) is 4.79 Å². The van der Waals surface area contributed by atoms with Gasteiger partial charge in [0, 0.05) is 11.6 Å². The topological polar surface area (TPSA) is 104 Å². The van der Waals surface area contributed by atoms with Crippen LogP contribution >= 0.6 is 11.6 Å². The Morgan fingerprint density at radius 2 is 1.60 bits per heavy atom. The van der Waals surface area contributed by atoms with Crippen molar-refractivity contribution in [1.82, 2.24) is 10.6 Å². The Bertz CT molecular complexity index is 793. The predicted octanol–water partition coefficient (Wildman–Crippen LogP) is 3.11. The summed E-state index contributed by atoms with van der Waals surface area (Å²) in [5.74, 6) is 2.14. The van der Waals surface area contributed by atoms with Gasteiger partial charge in [-0.3, -0.25) is 4.79 Å². The number of ether oxygens (including phenoxy) is 5. The highest BCUT2D eigenvalue weighted by atomic mass is 35.5. The highest BCUT2D eigenvalue weighted by Crippen LogP contribution is 2.21. The molecule has 0 heterocycles. The molecule has 1 atom stereocenters. The molecule has 0 unspecified atom stereocenters. The molecule has 0 fully saturated rings. The van der Waals surface area contributed by atoms with E-state index in [1.165, 1.54) is 0 Å². The zero-order valence-corrected chi connectivity index (χ0v) is 21.5. The van der Waals surface area contributed by atoms with Gasteiger partial charge in [0.05, 0.1) is 58.7 Å². The van der Waals surface area contributed by atoms with Crippen LogP contribution in [0.4, 0.5) is 4.79 Å². The maximum Gasteiger partial charge on any atom is 0.408 e. The van der Waals surface area contributed by atoms with E-state index in [4.69, 9.17) is 41.7 Å². The Balaban J connectivity index is 2.24. The van der Waals surface area contributed by atoms with Crippen molar-refractivity contribution in [3.05, 3.63) is 34.9 Å². The first-order chi connectivity index (χ1) is 16.7. The van der Waals surface area contributed by atoms with Crippen molar-refractivity contribution in [2.45, 2.75) is 38.8 Å². The lowest BCUT2D eigenvalue weighted by Crippen LogP contribution is -2.38. The van der Waals surface area contributed by atoms with E-state index in [0.29, 0.717) is 63.4 Å². The Kier molecular flexibility index (Phi) is 15.8. The average molecular weight is 513 g/mol. The van der Waals surface area contributed by atoms with Crippen LogP contribution < -0.4 is 10.6 Å². The lowest BCUT2D eigenvalue weighted by atomic mass is 10.0. The van der Waals surface area contributed by atoms with Gasteiger partial charge in [0.2, 0.25) is 5.91 Å². The second-order valence-electron chi connectivity index (χ2n) is 8.40. The van der Waals surface area contributed by atoms with Gasteiger partial charge in [-0.05, 0) is 38.5 Å². The van der Waals surface area contributed by atoms with Crippen LogP contribution in [0.2, 0.25) is 5.02 Å². The van der Waals surface area contributed by atoms with Crippen LogP contribution in [-0.2, 0) is 28.5 Å². The highest BCUT2D eigenvalue weighted by molar-refractivity contribution is 6.30. The second kappa shape index (κ2) is 18.0. The van der Waals surface area contributed by atoms with Crippen molar-refractivity contribution in [2.75, 3.05) is 59.4 Å². The van der Waals surface area contributed by atoms with Gasteiger partial charge in [-0.1, -0.05) is 29.7 Å². The molecular formula is C25H37ClN2O7. The molecule has 0 spiro atoms. The summed E-state index contributed by atoms with van der Waals surface area (Å²) < 4.78 is 26.6. The number of amides is 2. The number of carbonyl (C=O) groups excluding carboxylic acids is 2. The first-order valence-corrected chi connectivity index (χ1v) is 11.8. The van der Waals surface area contributed by atoms with E-state index >= 15 is 0 Å². The van der Waals surface area contributed by atoms with E-state index in [0.717, 1.165) is 0 Å². The summed E-state index contributed by atoms with van der Waals surface area (Å²) in [5.41, 5.74) is 0.0485. The van der Waals surface area contributed by atoms with Crippen LogP contribution in [0.5, 0.6) is 0 Å². The van der Waals surface area contributed by atoms with E-state index in [1.54, 1.807) is 45.0 Å². The molecule has 0 aliphatic heterocycles. The summed E-state index contributed by atoms with van der Waals surface area (Å²) in [7, 11) is 0. The maximum atomic E-state index is 12.4. The number of hydrogen-bond donors (Lipinski definition) is 2. The summed E-state index contributed by atoms with van der Waals surface area (Å²) in [6.07, 6.45) is 4.48. The number of carbonyl (C=O) groups is 2. The summed E-state index contributed by atoms with van der Waals surface area (Å²) >= 11 is 6.08. The van der Waals surface area contributed by atoms with Crippen LogP contribution in [0, 0.1) is 12.3 Å². The SMILES string of the molecule is C#CCOCCOCCOCCOCCNC(=O)C[C@@H](NC(=O)OC(C)(C)C)c1cccc(Cl)c1. The fourth-order valence-electron chi connectivity index (χ4n) is 2.74. The summed E-state index contributed by atoms with van der Waals surface area (Å²) in [5, 5.41) is 6.04. The molecule has 196 valence electrons. The molecule has 2 amide bonds. The monoisotopic (exact) mass is 512 g/mol. The first-order valence-electron chi connectivity index (χ1n) is 11.5. The van der Waals surface area contributed by atoms with Crippen LogP contribution in [0.3, 0.4) is 0 Å². The molecule has 35 heavy (non-hydrogen) atoms. The third kappa shape index (κ3) is 16.8. The second-order valence-corrected chi connectivity index (χ2v) is 8.84. The van der Waals surface area contributed by atoms with Crippen LogP contribution in [-0.4, -0.2) is 77.0 Å². The molecule has 9 nitrogen and oxygen atoms in total. The van der Waals surface area contributed by atoms with E-state index in [9.17, 15) is 9.59 Å². The van der Waals surface area contributed by atoms with Crippen molar-refractivity contribution >= 4 is 23.6 Å². The third-order valence-electron chi connectivity index (χ3n) is 4.20. The van der Waals surface area contributed by atoms with Crippen molar-refractivity contribution in [3.8, 4) is 12.3 Å². The van der Waals surface area contributed by atoms with Gasteiger partial charge in [0.25, 0.3) is 0 Å². The number of rotatable bonds is 17. The number of nitrogens with one attached hydrogen (secondary N) is 2. The third-order valence-corrected chi connectivity index (χ3v) is 4.44. The van der Waals surface area contributed by atoms with Crippen LogP contribution in [0.25, 0.3) is 0 Å². The number of hydrogen-bond acceptors (Lipinski definition) is 7. The van der Waals surface area contributed by atoms with Gasteiger partial charge in [-0.2, -0.15) is 0 Å². The summed E-state index contributed by atoms with van der Waals surface area (Å²) in [4.78, 5) is 24.7. The molecular weight excluding hydrogens is 476 g/mol. The molecule has 0 radical (unpaired) electrons. The van der Waals surface area contributed by atoms with Gasteiger partial charge in [0.1, 0.15) is 12.2 Å². The predicted molar refractivity (Wildman–Crippen MR) is 133 cm³/mol. The van der Waals surface area contributed by atoms with Gasteiger partial charge >= 0.3 is 6.09 Å². The molecule has 0 saturated carbocycles. The zero-order valence-electron chi connectivity index (χ0n) is 20.8. The maximum absolute atomic E-state index is 12.4. The van der Waals surface area contributed by atoms with Crippen molar-refractivity contribution in [3.63, 3.8) is 0 Å². The fourth-order valence-corrected chi connectivity index (χ4v) is 2.94. The van der Waals surface area contributed by atoms with Crippen molar-refractivity contribution < 1.29 is 33.3 Å². The highest BCUT2D eigenvalue weighted by Gasteiger charge is 2.22. The number of alkyl carbamates (subject to hydrolysis) is 1. The van der Waals surface area contributed by atoms with Crippen molar-refractivity contribution in [1.29, 1.82) is 0 Å². The molecule has 0 aromatic heterocycles. The minimum atomic E-state index is -0.656. The van der Waals surface area contributed by atoms with Gasteiger partial charge < -0.3 is 34.3 Å². The minimum Gasteiger partial charge on any atom is -0.444 e. The lowest BCUT2D eigenvalue weighted by molar-refractivity contribution is -0.121. The molecule has 2 N–H and O–H groups in total. The summed E-state index contributed by atoms with van der Waals surface area (Å²) in [6.45, 7) is 8.89. The Morgan fingerprint density at radius 1 is 1.00 bits per heavy atom. The molecule has 10 heteroatoms. The standard InChI is InChI=1S/C25H37ClN2O7/c1-5-10-31-12-14-33-16-17-34-15-13-32-11-9-27-23(29)19-22(20-7-6-8-21(26)18-20)28-24(30)35-25(2,3)4/h1,6-8,18,22H,9-17,19H2,2-4H3,(H,27,29)(H,28,30)/t22-/m1/s1. The fraction of sp³-hybridized carbons (Fsp3) is 0.600. The van der Waals surface area contributed by atoms with Crippen LogP contribution in [0.15, 0.2) is 24.3 Å². The molecule has 1 aromatic rings. The first kappa shape index (κ1) is 30.7. The van der Waals surface area contributed by atoms with Gasteiger partial charge in [-0.15, -0.1) is 6.42 Å². The van der Waals surface area contributed by atoms with E-state index in [2.05, 4.69) is 16.6 Å². The zero-order chi connectivity index (χ0) is 25.9. The Morgan fingerprint density at radius 3 is 2.17 bits per heavy atom. The molecule has 1 aromatic carbocycles.